The van der Waals surface area contributed by atoms with Crippen molar-refractivity contribution in [3.05, 3.63) is 53.0 Å². The summed E-state index contributed by atoms with van der Waals surface area (Å²) in [6, 6.07) is 9.58. The molecule has 2 aromatic heterocycles. The molecule has 1 atom stereocenters. The first-order valence-corrected chi connectivity index (χ1v) is 11.5. The first-order chi connectivity index (χ1) is 16.3. The predicted molar refractivity (Wildman–Crippen MR) is 120 cm³/mol. The van der Waals surface area contributed by atoms with Crippen molar-refractivity contribution in [2.24, 2.45) is 0 Å². The van der Waals surface area contributed by atoms with E-state index < -0.39 is 6.43 Å². The number of carbonyl (C=O) groups is 1. The van der Waals surface area contributed by atoms with Gasteiger partial charge in [0.1, 0.15) is 12.2 Å². The van der Waals surface area contributed by atoms with Crippen LogP contribution in [0.4, 0.5) is 8.78 Å². The third-order valence-electron chi connectivity index (χ3n) is 7.05. The number of amides is 1. The molecule has 3 heterocycles. The molecule has 1 saturated heterocycles. The van der Waals surface area contributed by atoms with E-state index in [9.17, 15) is 13.6 Å². The van der Waals surface area contributed by atoms with Crippen molar-refractivity contribution in [3.8, 4) is 11.6 Å². The lowest BCUT2D eigenvalue weighted by Gasteiger charge is -2.20. The van der Waals surface area contributed by atoms with Crippen LogP contribution in [0.3, 0.4) is 0 Å². The van der Waals surface area contributed by atoms with E-state index in [1.807, 2.05) is 39.2 Å². The zero-order chi connectivity index (χ0) is 24.0. The summed E-state index contributed by atoms with van der Waals surface area (Å²) in [6.07, 6.45) is -0.137. The molecule has 1 aliphatic heterocycles. The van der Waals surface area contributed by atoms with Gasteiger partial charge in [-0.25, -0.2) is 8.78 Å². The maximum absolute atomic E-state index is 13.8. The number of nitrogens with zero attached hydrogens (tertiary/aromatic N) is 6. The zero-order valence-corrected chi connectivity index (χ0v) is 19.5. The number of likely N-dealkylation sites (N-methyl/N-ethyl adjacent to an activating group) is 1. The van der Waals surface area contributed by atoms with Crippen LogP contribution in [0.15, 0.2) is 34.9 Å². The Morgan fingerprint density at radius 2 is 2.06 bits per heavy atom. The number of aromatic nitrogens is 4. The number of alkyl halides is 2. The van der Waals surface area contributed by atoms with Gasteiger partial charge in [-0.3, -0.25) is 9.48 Å². The van der Waals surface area contributed by atoms with Crippen molar-refractivity contribution >= 4 is 5.91 Å². The largest absolute Gasteiger partial charge is 0.339 e. The van der Waals surface area contributed by atoms with E-state index in [1.54, 1.807) is 4.90 Å². The molecule has 1 aliphatic carbocycles. The second kappa shape index (κ2) is 8.57. The van der Waals surface area contributed by atoms with Gasteiger partial charge in [0.2, 0.25) is 5.91 Å². The SMILES string of the molecule is Cc1ccccc1C1(c2noc(-c3cc(C(F)F)n(CC(=O)N4CCC(N(C)C)C4)n3)n2)CC1. The van der Waals surface area contributed by atoms with Crippen molar-refractivity contribution in [1.82, 2.24) is 29.7 Å². The van der Waals surface area contributed by atoms with Gasteiger partial charge in [-0.1, -0.05) is 29.4 Å². The molecule has 0 N–H and O–H groups in total. The molecule has 8 nitrogen and oxygen atoms in total. The molecule has 0 spiro atoms. The van der Waals surface area contributed by atoms with Gasteiger partial charge in [0.25, 0.3) is 12.3 Å². The van der Waals surface area contributed by atoms with Gasteiger partial charge in [0, 0.05) is 19.1 Å². The Morgan fingerprint density at radius 3 is 2.71 bits per heavy atom. The van der Waals surface area contributed by atoms with Crippen molar-refractivity contribution in [2.75, 3.05) is 27.2 Å². The Kier molecular flexibility index (Phi) is 5.71. The highest BCUT2D eigenvalue weighted by molar-refractivity contribution is 5.76. The van der Waals surface area contributed by atoms with Crippen LogP contribution < -0.4 is 0 Å². The molecular formula is C24H28F2N6O2. The highest BCUT2D eigenvalue weighted by Gasteiger charge is 2.50. The van der Waals surface area contributed by atoms with Crippen LogP contribution in [-0.2, 0) is 16.8 Å². The Hall–Kier alpha value is -3.14. The molecule has 5 rings (SSSR count). The molecular weight excluding hydrogens is 442 g/mol. The number of benzene rings is 1. The van der Waals surface area contributed by atoms with Crippen molar-refractivity contribution < 1.29 is 18.1 Å². The quantitative estimate of drug-likeness (QED) is 0.527. The number of hydrogen-bond acceptors (Lipinski definition) is 6. The Balaban J connectivity index is 1.38. The molecule has 180 valence electrons. The average molecular weight is 471 g/mol. The normalized spacial score (nSPS) is 19.4. The summed E-state index contributed by atoms with van der Waals surface area (Å²) in [7, 11) is 3.94. The molecule has 34 heavy (non-hydrogen) atoms. The fourth-order valence-electron chi connectivity index (χ4n) is 4.83. The number of hydrogen-bond donors (Lipinski definition) is 0. The van der Waals surface area contributed by atoms with E-state index in [0.29, 0.717) is 18.9 Å². The molecule has 2 aliphatic rings. The minimum atomic E-state index is -2.79. The summed E-state index contributed by atoms with van der Waals surface area (Å²) < 4.78 is 34.0. The molecule has 1 aromatic carbocycles. The average Bonchev–Trinajstić information content (AvgIpc) is 3.19. The van der Waals surface area contributed by atoms with Crippen molar-refractivity contribution in [3.63, 3.8) is 0 Å². The number of halogens is 2. The van der Waals surface area contributed by atoms with Gasteiger partial charge in [0.15, 0.2) is 11.5 Å². The summed E-state index contributed by atoms with van der Waals surface area (Å²) in [5, 5.41) is 8.43. The number of rotatable bonds is 7. The lowest BCUT2D eigenvalue weighted by Crippen LogP contribution is -2.36. The summed E-state index contributed by atoms with van der Waals surface area (Å²) in [4.78, 5) is 21.1. The van der Waals surface area contributed by atoms with E-state index in [2.05, 4.69) is 26.2 Å². The van der Waals surface area contributed by atoms with Gasteiger partial charge in [-0.15, -0.1) is 0 Å². The lowest BCUT2D eigenvalue weighted by molar-refractivity contribution is -0.131. The topological polar surface area (TPSA) is 80.3 Å². The molecule has 1 unspecified atom stereocenters. The standard InChI is InChI=1S/C24H28F2N6O2/c1-15-6-4-5-7-17(15)24(9-10-24)23-27-22(34-29-23)18-12-19(21(25)26)32(28-18)14-20(33)31-11-8-16(13-31)30(2)3/h4-7,12,16,21H,8-11,13-14H2,1-3H3. The lowest BCUT2D eigenvalue weighted by atomic mass is 9.91. The van der Waals surface area contributed by atoms with Crippen LogP contribution >= 0.6 is 0 Å². The van der Waals surface area contributed by atoms with Crippen LogP contribution in [-0.4, -0.2) is 68.9 Å². The fourth-order valence-corrected chi connectivity index (χ4v) is 4.83. The van der Waals surface area contributed by atoms with E-state index in [0.717, 1.165) is 35.1 Å². The van der Waals surface area contributed by atoms with Gasteiger partial charge in [-0.05, 0) is 57.5 Å². The minimum Gasteiger partial charge on any atom is -0.339 e. The molecule has 1 saturated carbocycles. The maximum atomic E-state index is 13.8. The summed E-state index contributed by atoms with van der Waals surface area (Å²) in [6.45, 7) is 2.98. The van der Waals surface area contributed by atoms with Gasteiger partial charge in [0.05, 0.1) is 5.41 Å². The summed E-state index contributed by atoms with van der Waals surface area (Å²) >= 11 is 0. The van der Waals surface area contributed by atoms with Gasteiger partial charge < -0.3 is 14.3 Å². The molecule has 0 bridgehead atoms. The van der Waals surface area contributed by atoms with Crippen LogP contribution in [0.25, 0.3) is 11.6 Å². The summed E-state index contributed by atoms with van der Waals surface area (Å²) in [5.74, 6) is 0.383. The zero-order valence-electron chi connectivity index (χ0n) is 19.5. The first kappa shape index (κ1) is 22.6. The summed E-state index contributed by atoms with van der Waals surface area (Å²) in [5.41, 5.74) is 1.79. The molecule has 10 heteroatoms. The highest BCUT2D eigenvalue weighted by Crippen LogP contribution is 2.53. The number of likely N-dealkylation sites (tertiary alicyclic amines) is 1. The Bertz CT molecular complexity index is 1200. The second-order valence-corrected chi connectivity index (χ2v) is 9.48. The molecule has 2 fully saturated rings. The van der Waals surface area contributed by atoms with Crippen LogP contribution in [0, 0.1) is 6.92 Å². The van der Waals surface area contributed by atoms with E-state index in [-0.39, 0.29) is 41.2 Å². The van der Waals surface area contributed by atoms with Crippen molar-refractivity contribution in [2.45, 2.75) is 50.6 Å². The van der Waals surface area contributed by atoms with Crippen LogP contribution in [0.1, 0.15) is 48.3 Å². The third kappa shape index (κ3) is 4.00. The van der Waals surface area contributed by atoms with E-state index in [4.69, 9.17) is 4.52 Å². The van der Waals surface area contributed by atoms with Crippen LogP contribution in [0.2, 0.25) is 0 Å². The highest BCUT2D eigenvalue weighted by atomic mass is 19.3. The number of carbonyl (C=O) groups excluding carboxylic acids is 1. The van der Waals surface area contributed by atoms with Gasteiger partial charge >= 0.3 is 0 Å². The van der Waals surface area contributed by atoms with Crippen molar-refractivity contribution in [1.29, 1.82) is 0 Å². The monoisotopic (exact) mass is 470 g/mol. The third-order valence-corrected chi connectivity index (χ3v) is 7.05. The smallest absolute Gasteiger partial charge is 0.280 e. The number of aryl methyl sites for hydroxylation is 1. The minimum absolute atomic E-state index is 0.0804. The fraction of sp³-hybridized carbons (Fsp3) is 0.500. The Morgan fingerprint density at radius 1 is 1.29 bits per heavy atom. The molecule has 0 radical (unpaired) electrons. The first-order valence-electron chi connectivity index (χ1n) is 11.5. The van der Waals surface area contributed by atoms with Gasteiger partial charge in [-0.2, -0.15) is 10.1 Å². The molecule has 3 aromatic rings. The van der Waals surface area contributed by atoms with E-state index in [1.165, 1.54) is 6.07 Å². The second-order valence-electron chi connectivity index (χ2n) is 9.48. The molecule has 1 amide bonds. The predicted octanol–water partition coefficient (Wildman–Crippen LogP) is 3.42. The maximum Gasteiger partial charge on any atom is 0.280 e. The van der Waals surface area contributed by atoms with E-state index >= 15 is 0 Å². The Labute approximate surface area is 196 Å². The van der Waals surface area contributed by atoms with Crippen LogP contribution in [0.5, 0.6) is 0 Å².